The summed E-state index contributed by atoms with van der Waals surface area (Å²) >= 11 is 5.15. The smallest absolute Gasteiger partial charge is 0.305 e. The predicted molar refractivity (Wildman–Crippen MR) is 99.3 cm³/mol. The van der Waals surface area contributed by atoms with Gasteiger partial charge in [-0.15, -0.1) is 0 Å². The van der Waals surface area contributed by atoms with E-state index in [0.717, 1.165) is 24.8 Å². The Labute approximate surface area is 148 Å². The summed E-state index contributed by atoms with van der Waals surface area (Å²) in [6.45, 7) is 4.46. The summed E-state index contributed by atoms with van der Waals surface area (Å²) in [7, 11) is 1.40. The lowest BCUT2D eigenvalue weighted by molar-refractivity contribution is -0.140. The van der Waals surface area contributed by atoms with Crippen LogP contribution in [0, 0.1) is 6.92 Å². The van der Waals surface area contributed by atoms with Crippen LogP contribution in [0.1, 0.15) is 43.7 Å². The Bertz CT molecular complexity index is 603. The van der Waals surface area contributed by atoms with E-state index in [1.165, 1.54) is 7.11 Å². The Hall–Kier alpha value is -2.15. The zero-order valence-electron chi connectivity index (χ0n) is 14.4. The lowest BCUT2D eigenvalue weighted by Crippen LogP contribution is -2.33. The topological polar surface area (TPSA) is 83.0 Å². The normalized spacial score (nSPS) is 11.0. The maximum atomic E-state index is 11.0. The van der Waals surface area contributed by atoms with Gasteiger partial charge in [0.25, 0.3) is 0 Å². The molecule has 0 saturated heterocycles. The van der Waals surface area contributed by atoms with Crippen LogP contribution in [0.15, 0.2) is 23.3 Å². The number of thiocarbonyl (C=S) groups is 1. The monoisotopic (exact) mass is 351 g/mol. The van der Waals surface area contributed by atoms with Gasteiger partial charge in [-0.3, -0.25) is 10.2 Å². The molecule has 0 heterocycles. The Morgan fingerprint density at radius 3 is 2.79 bits per heavy atom. The third-order valence-corrected chi connectivity index (χ3v) is 3.67. The van der Waals surface area contributed by atoms with E-state index in [1.807, 2.05) is 19.1 Å². The van der Waals surface area contributed by atoms with E-state index in [4.69, 9.17) is 12.2 Å². The van der Waals surface area contributed by atoms with Crippen molar-refractivity contribution in [2.75, 3.05) is 13.7 Å². The number of hydrogen-bond donors (Lipinski definition) is 3. The number of ether oxygens (including phenoxy) is 1. The fourth-order valence-electron chi connectivity index (χ4n) is 2.05. The third-order valence-electron chi connectivity index (χ3n) is 3.44. The van der Waals surface area contributed by atoms with E-state index in [9.17, 15) is 9.90 Å². The SMILES string of the molecule is COC(=O)CCCCCNC(=S)N/N=C(\C)c1cc(C)ccc1O. The van der Waals surface area contributed by atoms with Gasteiger partial charge in [-0.05, 0) is 51.0 Å². The number of phenolic OH excluding ortho intramolecular Hbond substituents is 1. The van der Waals surface area contributed by atoms with E-state index in [-0.39, 0.29) is 11.7 Å². The first-order chi connectivity index (χ1) is 11.4. The molecule has 0 aliphatic rings. The van der Waals surface area contributed by atoms with Gasteiger partial charge in [0.1, 0.15) is 5.75 Å². The fraction of sp³-hybridized carbons (Fsp3) is 0.471. The van der Waals surface area contributed by atoms with Crippen molar-refractivity contribution >= 4 is 29.0 Å². The van der Waals surface area contributed by atoms with Crippen molar-refractivity contribution in [3.05, 3.63) is 29.3 Å². The molecule has 0 atom stereocenters. The van der Waals surface area contributed by atoms with Crippen molar-refractivity contribution in [2.45, 2.75) is 39.5 Å². The molecule has 1 aromatic carbocycles. The number of nitrogens with zero attached hydrogens (tertiary/aromatic N) is 1. The summed E-state index contributed by atoms with van der Waals surface area (Å²) in [5.74, 6) is 0.0116. The van der Waals surface area contributed by atoms with Crippen LogP contribution in [0.3, 0.4) is 0 Å². The molecule has 0 fully saturated rings. The molecule has 3 N–H and O–H groups in total. The molecule has 24 heavy (non-hydrogen) atoms. The lowest BCUT2D eigenvalue weighted by atomic mass is 10.1. The number of aromatic hydroxyl groups is 1. The second kappa shape index (κ2) is 10.6. The molecule has 0 saturated carbocycles. The molecule has 0 bridgehead atoms. The Morgan fingerprint density at radius 2 is 2.08 bits per heavy atom. The summed E-state index contributed by atoms with van der Waals surface area (Å²) < 4.78 is 4.58. The molecular weight excluding hydrogens is 326 g/mol. The number of phenols is 1. The van der Waals surface area contributed by atoms with Gasteiger partial charge >= 0.3 is 5.97 Å². The molecule has 6 nitrogen and oxygen atoms in total. The van der Waals surface area contributed by atoms with Crippen LogP contribution in [0.4, 0.5) is 0 Å². The minimum atomic E-state index is -0.177. The van der Waals surface area contributed by atoms with Gasteiger partial charge in [0.15, 0.2) is 5.11 Å². The van der Waals surface area contributed by atoms with Gasteiger partial charge < -0.3 is 15.2 Å². The van der Waals surface area contributed by atoms with Gasteiger partial charge in [-0.2, -0.15) is 5.10 Å². The number of esters is 1. The van der Waals surface area contributed by atoms with Crippen LogP contribution in [0.25, 0.3) is 0 Å². The predicted octanol–water partition coefficient (Wildman–Crippen LogP) is 2.62. The molecule has 0 aliphatic heterocycles. The highest BCUT2D eigenvalue weighted by Gasteiger charge is 2.05. The zero-order chi connectivity index (χ0) is 17.9. The maximum Gasteiger partial charge on any atom is 0.305 e. The number of aryl methyl sites for hydroxylation is 1. The Kier molecular flexibility index (Phi) is 8.78. The minimum Gasteiger partial charge on any atom is -0.507 e. The molecule has 0 amide bonds. The number of methoxy groups -OCH3 is 1. The molecular formula is C17H25N3O3S. The first kappa shape index (κ1) is 19.9. The second-order valence-electron chi connectivity index (χ2n) is 5.47. The zero-order valence-corrected chi connectivity index (χ0v) is 15.2. The number of hydrazone groups is 1. The van der Waals surface area contributed by atoms with Crippen molar-refractivity contribution in [3.63, 3.8) is 0 Å². The van der Waals surface area contributed by atoms with Gasteiger partial charge in [-0.25, -0.2) is 0 Å². The number of carbonyl (C=O) groups excluding carboxylic acids is 1. The highest BCUT2D eigenvalue weighted by Crippen LogP contribution is 2.18. The van der Waals surface area contributed by atoms with Gasteiger partial charge in [0, 0.05) is 18.5 Å². The molecule has 0 unspecified atom stereocenters. The number of unbranched alkanes of at least 4 members (excludes halogenated alkanes) is 2. The first-order valence-corrected chi connectivity index (χ1v) is 8.29. The third kappa shape index (κ3) is 7.41. The Morgan fingerprint density at radius 1 is 1.33 bits per heavy atom. The number of rotatable bonds is 8. The van der Waals surface area contributed by atoms with E-state index in [1.54, 1.807) is 13.0 Å². The maximum absolute atomic E-state index is 11.0. The molecule has 7 heteroatoms. The highest BCUT2D eigenvalue weighted by atomic mass is 32.1. The van der Waals surface area contributed by atoms with Gasteiger partial charge in [0.2, 0.25) is 0 Å². The average Bonchev–Trinajstić information content (AvgIpc) is 2.57. The van der Waals surface area contributed by atoms with Crippen molar-refractivity contribution in [1.29, 1.82) is 0 Å². The summed E-state index contributed by atoms with van der Waals surface area (Å²) in [6, 6.07) is 5.36. The molecule has 0 aromatic heterocycles. The van der Waals surface area contributed by atoms with Crippen molar-refractivity contribution in [1.82, 2.24) is 10.7 Å². The van der Waals surface area contributed by atoms with Crippen molar-refractivity contribution in [3.8, 4) is 5.75 Å². The van der Waals surface area contributed by atoms with Crippen LogP contribution in [0.2, 0.25) is 0 Å². The molecule has 0 radical (unpaired) electrons. The second-order valence-corrected chi connectivity index (χ2v) is 5.88. The van der Waals surface area contributed by atoms with Crippen LogP contribution >= 0.6 is 12.2 Å². The molecule has 0 spiro atoms. The van der Waals surface area contributed by atoms with Crippen LogP contribution in [0.5, 0.6) is 5.75 Å². The number of nitrogens with one attached hydrogen (secondary N) is 2. The molecule has 1 aromatic rings. The van der Waals surface area contributed by atoms with Crippen molar-refractivity contribution in [2.24, 2.45) is 5.10 Å². The van der Waals surface area contributed by atoms with Crippen LogP contribution in [-0.4, -0.2) is 35.6 Å². The quantitative estimate of drug-likeness (QED) is 0.220. The average molecular weight is 351 g/mol. The number of hydrogen-bond acceptors (Lipinski definition) is 5. The van der Waals surface area contributed by atoms with Gasteiger partial charge in [0.05, 0.1) is 12.8 Å². The molecule has 132 valence electrons. The van der Waals surface area contributed by atoms with Gasteiger partial charge in [-0.1, -0.05) is 18.1 Å². The van der Waals surface area contributed by atoms with E-state index in [0.29, 0.717) is 29.4 Å². The van der Waals surface area contributed by atoms with Crippen LogP contribution < -0.4 is 10.7 Å². The summed E-state index contributed by atoms with van der Waals surface area (Å²) in [6.07, 6.45) is 3.07. The van der Waals surface area contributed by atoms with Crippen LogP contribution in [-0.2, 0) is 9.53 Å². The summed E-state index contributed by atoms with van der Waals surface area (Å²) in [5, 5.41) is 17.5. The first-order valence-electron chi connectivity index (χ1n) is 7.89. The highest BCUT2D eigenvalue weighted by molar-refractivity contribution is 7.80. The molecule has 0 aliphatic carbocycles. The van der Waals surface area contributed by atoms with Crippen molar-refractivity contribution < 1.29 is 14.6 Å². The van der Waals surface area contributed by atoms with E-state index in [2.05, 4.69) is 20.6 Å². The summed E-state index contributed by atoms with van der Waals surface area (Å²) in [5.41, 5.74) is 5.14. The number of benzene rings is 1. The van der Waals surface area contributed by atoms with E-state index >= 15 is 0 Å². The summed E-state index contributed by atoms with van der Waals surface area (Å²) in [4.78, 5) is 11.0. The van der Waals surface area contributed by atoms with E-state index < -0.39 is 0 Å². The Balaban J connectivity index is 2.30. The number of carbonyl (C=O) groups is 1. The molecule has 1 rings (SSSR count). The standard InChI is InChI=1S/C17H25N3O3S/c1-12-8-9-15(21)14(11-12)13(2)19-20-17(24)18-10-6-4-5-7-16(22)23-3/h8-9,11,21H,4-7,10H2,1-3H3,(H2,18,20,24)/b19-13+. The fourth-order valence-corrected chi connectivity index (χ4v) is 2.20. The minimum absolute atomic E-state index is 0.177. The lowest BCUT2D eigenvalue weighted by Gasteiger charge is -2.09. The largest absolute Gasteiger partial charge is 0.507 e.